The summed E-state index contributed by atoms with van der Waals surface area (Å²) in [6, 6.07) is 2.97. The average molecular weight is 335 g/mol. The molecule has 0 bridgehead atoms. The average Bonchev–Trinajstić information content (AvgIpc) is 3.06. The second-order valence-electron chi connectivity index (χ2n) is 5.93. The van der Waals surface area contributed by atoms with Crippen molar-refractivity contribution in [1.82, 2.24) is 19.2 Å². The first-order chi connectivity index (χ1) is 10.9. The Morgan fingerprint density at radius 1 is 1.39 bits per heavy atom. The van der Waals surface area contributed by atoms with Crippen LogP contribution in [0.25, 0.3) is 0 Å². The molecule has 7 heteroatoms. The lowest BCUT2D eigenvalue weighted by atomic mass is 10.1. The maximum absolute atomic E-state index is 12.8. The molecule has 1 saturated heterocycles. The van der Waals surface area contributed by atoms with Crippen LogP contribution in [0.3, 0.4) is 0 Å². The Labute approximate surface area is 139 Å². The van der Waals surface area contributed by atoms with Gasteiger partial charge in [0, 0.05) is 44.0 Å². The molecule has 0 N–H and O–H groups in total. The molecule has 1 atom stereocenters. The summed E-state index contributed by atoms with van der Waals surface area (Å²) < 4.78 is 3.08. The number of carbonyl (C=O) groups excluding carboxylic acids is 1. The second-order valence-corrected chi connectivity index (χ2v) is 6.29. The van der Waals surface area contributed by atoms with Crippen LogP contribution in [0.2, 0.25) is 5.15 Å². The van der Waals surface area contributed by atoms with Gasteiger partial charge in [-0.2, -0.15) is 5.10 Å². The van der Waals surface area contributed by atoms with E-state index in [1.165, 1.54) is 10.6 Å². The predicted octanol–water partition coefficient (Wildman–Crippen LogP) is 2.06. The fraction of sp³-hybridized carbons (Fsp3) is 0.438. The van der Waals surface area contributed by atoms with Gasteiger partial charge in [0.25, 0.3) is 11.5 Å². The normalized spacial score (nSPS) is 17.7. The Morgan fingerprint density at radius 2 is 2.13 bits per heavy atom. The van der Waals surface area contributed by atoms with Crippen LogP contribution in [0.4, 0.5) is 0 Å². The Hall–Kier alpha value is -2.08. The Balaban J connectivity index is 1.96. The summed E-state index contributed by atoms with van der Waals surface area (Å²) in [5.74, 6) is -0.135. The topological polar surface area (TPSA) is 60.1 Å². The van der Waals surface area contributed by atoms with Crippen molar-refractivity contribution in [2.75, 3.05) is 6.54 Å². The lowest BCUT2D eigenvalue weighted by Crippen LogP contribution is -2.32. The van der Waals surface area contributed by atoms with Crippen molar-refractivity contribution in [3.8, 4) is 0 Å². The molecule has 0 aliphatic carbocycles. The van der Waals surface area contributed by atoms with E-state index in [0.717, 1.165) is 24.1 Å². The maximum Gasteiger partial charge on any atom is 0.254 e. The number of hydrogen-bond donors (Lipinski definition) is 0. The van der Waals surface area contributed by atoms with Crippen molar-refractivity contribution in [3.63, 3.8) is 0 Å². The number of amides is 1. The largest absolute Gasteiger partial charge is 0.331 e. The molecule has 1 unspecified atom stereocenters. The molecular formula is C16H19ClN4O2. The summed E-state index contributed by atoms with van der Waals surface area (Å²) in [5.41, 5.74) is 1.97. The highest BCUT2D eigenvalue weighted by Crippen LogP contribution is 2.38. The number of aryl methyl sites for hydroxylation is 3. The van der Waals surface area contributed by atoms with Crippen LogP contribution in [0, 0.1) is 6.92 Å². The molecule has 1 fully saturated rings. The number of rotatable bonds is 2. The van der Waals surface area contributed by atoms with E-state index in [2.05, 4.69) is 5.10 Å². The van der Waals surface area contributed by atoms with Gasteiger partial charge in [-0.25, -0.2) is 0 Å². The Kier molecular flexibility index (Phi) is 4.02. The van der Waals surface area contributed by atoms with E-state index < -0.39 is 0 Å². The fourth-order valence-electron chi connectivity index (χ4n) is 3.18. The highest BCUT2D eigenvalue weighted by molar-refractivity contribution is 6.30. The van der Waals surface area contributed by atoms with Crippen LogP contribution in [0.5, 0.6) is 0 Å². The monoisotopic (exact) mass is 334 g/mol. The van der Waals surface area contributed by atoms with Crippen molar-refractivity contribution in [1.29, 1.82) is 0 Å². The minimum absolute atomic E-state index is 0.0900. The summed E-state index contributed by atoms with van der Waals surface area (Å²) in [7, 11) is 3.45. The van der Waals surface area contributed by atoms with Crippen molar-refractivity contribution < 1.29 is 4.79 Å². The first-order valence-electron chi connectivity index (χ1n) is 7.56. The fourth-order valence-corrected chi connectivity index (χ4v) is 3.48. The minimum atomic E-state index is -0.192. The van der Waals surface area contributed by atoms with Gasteiger partial charge in [0.15, 0.2) is 0 Å². The van der Waals surface area contributed by atoms with Crippen LogP contribution in [-0.2, 0) is 14.1 Å². The van der Waals surface area contributed by atoms with Gasteiger partial charge in [-0.3, -0.25) is 14.3 Å². The lowest BCUT2D eigenvalue weighted by Gasteiger charge is -2.25. The van der Waals surface area contributed by atoms with E-state index in [9.17, 15) is 9.59 Å². The summed E-state index contributed by atoms with van der Waals surface area (Å²) in [6.07, 6.45) is 3.37. The minimum Gasteiger partial charge on any atom is -0.331 e. The molecule has 1 aliphatic heterocycles. The zero-order valence-electron chi connectivity index (χ0n) is 13.4. The van der Waals surface area contributed by atoms with Gasteiger partial charge >= 0.3 is 0 Å². The zero-order valence-corrected chi connectivity index (χ0v) is 14.2. The smallest absolute Gasteiger partial charge is 0.254 e. The lowest BCUT2D eigenvalue weighted by molar-refractivity contribution is 0.0735. The molecule has 0 spiro atoms. The highest BCUT2D eigenvalue weighted by Gasteiger charge is 2.34. The van der Waals surface area contributed by atoms with Gasteiger partial charge in [0.2, 0.25) is 0 Å². The molecule has 1 aliphatic rings. The first kappa shape index (κ1) is 15.8. The molecule has 2 aromatic rings. The molecule has 0 saturated carbocycles. The molecule has 122 valence electrons. The quantitative estimate of drug-likeness (QED) is 0.844. The first-order valence-corrected chi connectivity index (χ1v) is 7.94. The summed E-state index contributed by atoms with van der Waals surface area (Å²) >= 11 is 6.37. The Morgan fingerprint density at radius 3 is 2.74 bits per heavy atom. The molecule has 0 radical (unpaired) electrons. The van der Waals surface area contributed by atoms with Crippen LogP contribution < -0.4 is 5.56 Å². The van der Waals surface area contributed by atoms with Gasteiger partial charge in [-0.15, -0.1) is 0 Å². The number of carbonyl (C=O) groups is 1. The van der Waals surface area contributed by atoms with Crippen LogP contribution >= 0.6 is 11.6 Å². The van der Waals surface area contributed by atoms with Gasteiger partial charge < -0.3 is 9.47 Å². The van der Waals surface area contributed by atoms with E-state index in [4.69, 9.17) is 11.6 Å². The number of nitrogens with zero attached hydrogens (tertiary/aromatic N) is 4. The third kappa shape index (κ3) is 2.67. The predicted molar refractivity (Wildman–Crippen MR) is 87.6 cm³/mol. The molecule has 6 nitrogen and oxygen atoms in total. The van der Waals surface area contributed by atoms with Crippen molar-refractivity contribution in [2.45, 2.75) is 25.8 Å². The molecule has 23 heavy (non-hydrogen) atoms. The van der Waals surface area contributed by atoms with Gasteiger partial charge in [-0.05, 0) is 25.8 Å². The summed E-state index contributed by atoms with van der Waals surface area (Å²) in [4.78, 5) is 26.4. The second kappa shape index (κ2) is 5.85. The van der Waals surface area contributed by atoms with Crippen molar-refractivity contribution in [2.24, 2.45) is 14.1 Å². The van der Waals surface area contributed by atoms with E-state index >= 15 is 0 Å². The molecular weight excluding hydrogens is 316 g/mol. The van der Waals surface area contributed by atoms with Crippen molar-refractivity contribution >= 4 is 17.5 Å². The molecule has 1 amide bonds. The SMILES string of the molecule is Cc1nn(C)c(Cl)c1C1CCCN1C(=O)c1ccn(C)c(=O)c1. The molecule has 0 aromatic carbocycles. The highest BCUT2D eigenvalue weighted by atomic mass is 35.5. The van der Waals surface area contributed by atoms with Gasteiger partial charge in [0.05, 0.1) is 11.7 Å². The number of halogens is 1. The van der Waals surface area contributed by atoms with Crippen LogP contribution in [0.1, 0.15) is 40.5 Å². The van der Waals surface area contributed by atoms with Crippen LogP contribution in [-0.4, -0.2) is 31.7 Å². The summed E-state index contributed by atoms with van der Waals surface area (Å²) in [5, 5.41) is 4.91. The number of hydrogen-bond acceptors (Lipinski definition) is 3. The van der Waals surface area contributed by atoms with E-state index in [-0.39, 0.29) is 17.5 Å². The molecule has 3 heterocycles. The standard InChI is InChI=1S/C16H19ClN4O2/c1-10-14(15(17)20(3)18-10)12-5-4-7-21(12)16(23)11-6-8-19(2)13(22)9-11/h6,8-9,12H,4-5,7H2,1-3H3. The number of likely N-dealkylation sites (tertiary alicyclic amines) is 1. The van der Waals surface area contributed by atoms with Gasteiger partial charge in [0.1, 0.15) is 5.15 Å². The molecule has 2 aromatic heterocycles. The Bertz CT molecular complexity index is 824. The number of pyridine rings is 1. The van der Waals surface area contributed by atoms with E-state index in [1.807, 2.05) is 6.92 Å². The van der Waals surface area contributed by atoms with E-state index in [1.54, 1.807) is 35.9 Å². The zero-order chi connectivity index (χ0) is 16.7. The van der Waals surface area contributed by atoms with Crippen molar-refractivity contribution in [3.05, 3.63) is 50.7 Å². The number of aromatic nitrogens is 3. The molecule has 3 rings (SSSR count). The van der Waals surface area contributed by atoms with Crippen LogP contribution in [0.15, 0.2) is 23.1 Å². The third-order valence-electron chi connectivity index (χ3n) is 4.39. The van der Waals surface area contributed by atoms with E-state index in [0.29, 0.717) is 17.3 Å². The third-order valence-corrected chi connectivity index (χ3v) is 4.84. The maximum atomic E-state index is 12.8. The summed E-state index contributed by atoms with van der Waals surface area (Å²) in [6.45, 7) is 2.56. The van der Waals surface area contributed by atoms with Gasteiger partial charge in [-0.1, -0.05) is 11.6 Å².